The molecule has 0 fully saturated rings. The van der Waals surface area contributed by atoms with E-state index >= 15 is 0 Å². The van der Waals surface area contributed by atoms with Gasteiger partial charge in [-0.2, -0.15) is 61.5 Å². The van der Waals surface area contributed by atoms with Crippen molar-refractivity contribution in [2.75, 3.05) is 0 Å². The van der Waals surface area contributed by atoms with Crippen LogP contribution in [-0.2, 0) is 4.79 Å². The Bertz CT molecular complexity index is 535. The van der Waals surface area contributed by atoms with Crippen LogP contribution in [0, 0.1) is 0 Å². The summed E-state index contributed by atoms with van der Waals surface area (Å²) in [5, 5.41) is 9.86. The second-order valence-electron chi connectivity index (χ2n) is 4.24. The first-order valence-corrected chi connectivity index (χ1v) is 4.99. The molecule has 26 heavy (non-hydrogen) atoms. The summed E-state index contributed by atoms with van der Waals surface area (Å²) in [7, 11) is 0. The van der Waals surface area contributed by atoms with Gasteiger partial charge in [-0.25, -0.2) is 4.39 Å². The molecule has 0 aliphatic heterocycles. The van der Waals surface area contributed by atoms with E-state index in [0.29, 0.717) is 0 Å². The predicted octanol–water partition coefficient (Wildman–Crippen LogP) is 3.49. The van der Waals surface area contributed by atoms with Crippen molar-refractivity contribution in [3.63, 3.8) is 0 Å². The smallest absolute Gasteiger partial charge is 0.460 e. The highest BCUT2D eigenvalue weighted by Gasteiger charge is 2.93. The van der Waals surface area contributed by atoms with Gasteiger partial charge >= 0.3 is 41.7 Å². The minimum atomic E-state index is -8.50. The highest BCUT2D eigenvalue weighted by molar-refractivity contribution is 5.78. The van der Waals surface area contributed by atoms with Crippen LogP contribution in [0.15, 0.2) is 0 Å². The Balaban J connectivity index is 0. The molecule has 0 saturated heterocycles. The Morgan fingerprint density at radius 3 is 0.962 bits per heavy atom. The molecule has 4 N–H and O–H groups in total. The summed E-state index contributed by atoms with van der Waals surface area (Å²) in [5.74, 6) is -38.2. The number of carboxylic acids is 1. The molecule has 0 aromatic rings. The van der Waals surface area contributed by atoms with E-state index in [4.69, 9.17) is 0 Å². The number of hydrogen-bond donors (Lipinski definition) is 1. The summed E-state index contributed by atoms with van der Waals surface area (Å²) in [6.07, 6.45) is -15.4. The number of carbonyl (C=O) groups is 1. The summed E-state index contributed by atoms with van der Waals surface area (Å²) in [4.78, 5) is 9.86. The van der Waals surface area contributed by atoms with Gasteiger partial charge < -0.3 is 16.1 Å². The summed E-state index contributed by atoms with van der Waals surface area (Å²) < 4.78 is 186. The fourth-order valence-corrected chi connectivity index (χ4v) is 1.21. The number of hydrogen-bond acceptors (Lipinski definition) is 2. The van der Waals surface area contributed by atoms with Crippen molar-refractivity contribution >= 4 is 5.97 Å². The van der Waals surface area contributed by atoms with Crippen LogP contribution in [-0.4, -0.2) is 47.7 Å². The third-order valence-electron chi connectivity index (χ3n) is 2.64. The molecular formula is C8H4F15NO2. The molecule has 0 rings (SSSR count). The Kier molecular flexibility index (Phi) is 6.37. The van der Waals surface area contributed by atoms with Gasteiger partial charge in [-0.05, 0) is 0 Å². The van der Waals surface area contributed by atoms with Crippen LogP contribution in [0.25, 0.3) is 0 Å². The van der Waals surface area contributed by atoms with E-state index in [2.05, 4.69) is 0 Å². The first kappa shape index (κ1) is 26.6. The number of carbonyl (C=O) groups excluding carboxylic acids is 1. The maximum absolute atomic E-state index is 13.0. The van der Waals surface area contributed by atoms with Crippen LogP contribution in [0.3, 0.4) is 0 Å². The standard InChI is InChI=1S/C8HF15O2.H3N/c9-2(1(24)25,7(18,19)20)3(10,11)4(12,13)5(14,15)6(16,17)8(21,22)23;/h(H,24,25);1H3. The second-order valence-corrected chi connectivity index (χ2v) is 4.24. The normalized spacial score (nSPS) is 17.3. The van der Waals surface area contributed by atoms with Crippen LogP contribution >= 0.6 is 0 Å². The van der Waals surface area contributed by atoms with Gasteiger partial charge in [-0.3, -0.25) is 0 Å². The van der Waals surface area contributed by atoms with Gasteiger partial charge in [0.2, 0.25) is 0 Å². The van der Waals surface area contributed by atoms with Crippen molar-refractivity contribution in [1.29, 1.82) is 0 Å². The lowest BCUT2D eigenvalue weighted by atomic mass is 9.86. The Hall–Kier alpha value is -1.62. The van der Waals surface area contributed by atoms with Crippen molar-refractivity contribution in [1.82, 2.24) is 6.15 Å². The van der Waals surface area contributed by atoms with Crippen LogP contribution in [0.1, 0.15) is 0 Å². The largest absolute Gasteiger partial charge is 0.546 e. The first-order valence-electron chi connectivity index (χ1n) is 4.99. The van der Waals surface area contributed by atoms with Crippen molar-refractivity contribution in [2.24, 2.45) is 0 Å². The van der Waals surface area contributed by atoms with Gasteiger partial charge in [-0.1, -0.05) is 0 Å². The Labute approximate surface area is 131 Å². The van der Waals surface area contributed by atoms with Crippen molar-refractivity contribution in [3.8, 4) is 0 Å². The molecule has 1 atom stereocenters. The molecule has 0 saturated carbocycles. The molecule has 3 nitrogen and oxygen atoms in total. The second kappa shape index (κ2) is 6.22. The predicted molar refractivity (Wildman–Crippen MR) is 46.7 cm³/mol. The van der Waals surface area contributed by atoms with Gasteiger partial charge in [0.15, 0.2) is 0 Å². The van der Waals surface area contributed by atoms with E-state index in [1.807, 2.05) is 0 Å². The van der Waals surface area contributed by atoms with Crippen molar-refractivity contribution in [2.45, 2.75) is 41.7 Å². The van der Waals surface area contributed by atoms with Gasteiger partial charge in [0.1, 0.15) is 0 Å². The van der Waals surface area contributed by atoms with Crippen molar-refractivity contribution in [3.05, 3.63) is 0 Å². The van der Waals surface area contributed by atoms with Crippen LogP contribution in [0.2, 0.25) is 0 Å². The zero-order valence-electron chi connectivity index (χ0n) is 11.5. The molecule has 0 amide bonds. The fourth-order valence-electron chi connectivity index (χ4n) is 1.21. The molecule has 0 aliphatic carbocycles. The average Bonchev–Trinajstić information content (AvgIpc) is 2.33. The number of halogens is 15. The van der Waals surface area contributed by atoms with Crippen LogP contribution in [0.4, 0.5) is 65.9 Å². The van der Waals surface area contributed by atoms with E-state index in [-0.39, 0.29) is 6.15 Å². The molecule has 158 valence electrons. The monoisotopic (exact) mass is 431 g/mol. The van der Waals surface area contributed by atoms with E-state index in [1.165, 1.54) is 0 Å². The van der Waals surface area contributed by atoms with E-state index < -0.39 is 47.7 Å². The summed E-state index contributed by atoms with van der Waals surface area (Å²) in [6.45, 7) is 0. The minimum absolute atomic E-state index is 0. The molecule has 0 spiro atoms. The number of aliphatic carboxylic acids is 1. The van der Waals surface area contributed by atoms with E-state index in [1.54, 1.807) is 0 Å². The van der Waals surface area contributed by atoms with Crippen LogP contribution < -0.4 is 11.3 Å². The molecule has 18 heteroatoms. The lowest BCUT2D eigenvalue weighted by molar-refractivity contribution is -0.450. The van der Waals surface area contributed by atoms with Gasteiger partial charge in [-0.15, -0.1) is 0 Å². The summed E-state index contributed by atoms with van der Waals surface area (Å²) >= 11 is 0. The SMILES string of the molecule is O=C([O-])C(F)(C(F)(F)F)C(F)(F)C(F)(F)C(F)(F)C(F)(F)C(F)(F)F.[NH4+]. The molecule has 0 bridgehead atoms. The molecule has 1 unspecified atom stereocenters. The number of rotatable bonds is 5. The van der Waals surface area contributed by atoms with Crippen LogP contribution in [0.5, 0.6) is 0 Å². The highest BCUT2D eigenvalue weighted by atomic mass is 19.4. The average molecular weight is 431 g/mol. The molecular weight excluding hydrogens is 427 g/mol. The Morgan fingerprint density at radius 2 is 0.769 bits per heavy atom. The van der Waals surface area contributed by atoms with E-state index in [9.17, 15) is 75.8 Å². The minimum Gasteiger partial charge on any atom is -0.546 e. The van der Waals surface area contributed by atoms with Gasteiger partial charge in [0, 0.05) is 0 Å². The molecule has 0 aliphatic rings. The quantitative estimate of drug-likeness (QED) is 0.677. The highest BCUT2D eigenvalue weighted by Crippen LogP contribution is 2.61. The van der Waals surface area contributed by atoms with Gasteiger partial charge in [0.25, 0.3) is 0 Å². The molecule has 0 heterocycles. The zero-order chi connectivity index (χ0) is 21.1. The van der Waals surface area contributed by atoms with Gasteiger partial charge in [0.05, 0.1) is 5.97 Å². The molecule has 0 radical (unpaired) electrons. The van der Waals surface area contributed by atoms with Crippen molar-refractivity contribution < 1.29 is 75.8 Å². The lowest BCUT2D eigenvalue weighted by Gasteiger charge is -2.43. The lowest BCUT2D eigenvalue weighted by Crippen LogP contribution is -2.76. The number of alkyl halides is 15. The molecule has 0 aromatic heterocycles. The third-order valence-corrected chi connectivity index (χ3v) is 2.64. The maximum Gasteiger partial charge on any atom is 0.460 e. The maximum atomic E-state index is 13.0. The zero-order valence-corrected chi connectivity index (χ0v) is 11.5. The first-order chi connectivity index (χ1) is 10.4. The number of carboxylic acid groups (broad SMARTS) is 1. The summed E-state index contributed by atoms with van der Waals surface area (Å²) in [5.41, 5.74) is -7.74. The molecule has 0 aromatic carbocycles. The summed E-state index contributed by atoms with van der Waals surface area (Å²) in [6, 6.07) is 0. The third kappa shape index (κ3) is 3.00. The topological polar surface area (TPSA) is 76.6 Å². The van der Waals surface area contributed by atoms with E-state index in [0.717, 1.165) is 0 Å². The fraction of sp³-hybridized carbons (Fsp3) is 0.875. The number of quaternary nitrogens is 1. The Morgan fingerprint density at radius 1 is 0.500 bits per heavy atom.